The summed E-state index contributed by atoms with van der Waals surface area (Å²) < 4.78 is 18.5. The van der Waals surface area contributed by atoms with Crippen LogP contribution in [0.4, 0.5) is 10.1 Å². The SMILES string of the molecule is COc1ccc([C@@H](C)NC(=O)[C@@H]2CC(=O)N(c3ccc(F)c(Cl)c3)C2)cc1. The molecule has 27 heavy (non-hydrogen) atoms. The molecule has 0 aromatic heterocycles. The molecule has 1 aliphatic rings. The minimum atomic E-state index is -0.547. The van der Waals surface area contributed by atoms with Crippen molar-refractivity contribution in [3.05, 3.63) is 58.9 Å². The van der Waals surface area contributed by atoms with Crippen LogP contribution in [-0.4, -0.2) is 25.5 Å². The number of hydrogen-bond donors (Lipinski definition) is 1. The van der Waals surface area contributed by atoms with Crippen LogP contribution in [0.15, 0.2) is 42.5 Å². The largest absolute Gasteiger partial charge is 0.497 e. The maximum absolute atomic E-state index is 13.3. The van der Waals surface area contributed by atoms with Crippen molar-refractivity contribution in [2.75, 3.05) is 18.6 Å². The van der Waals surface area contributed by atoms with Gasteiger partial charge in [0.25, 0.3) is 0 Å². The highest BCUT2D eigenvalue weighted by Crippen LogP contribution is 2.29. The van der Waals surface area contributed by atoms with Crippen LogP contribution >= 0.6 is 11.6 Å². The van der Waals surface area contributed by atoms with Gasteiger partial charge in [0.15, 0.2) is 0 Å². The molecule has 2 amide bonds. The van der Waals surface area contributed by atoms with E-state index < -0.39 is 11.7 Å². The van der Waals surface area contributed by atoms with Crippen LogP contribution in [-0.2, 0) is 9.59 Å². The second-order valence-electron chi connectivity index (χ2n) is 6.51. The van der Waals surface area contributed by atoms with Gasteiger partial charge >= 0.3 is 0 Å². The van der Waals surface area contributed by atoms with Gasteiger partial charge in [-0.05, 0) is 42.8 Å². The van der Waals surface area contributed by atoms with Gasteiger partial charge in [-0.25, -0.2) is 4.39 Å². The zero-order valence-electron chi connectivity index (χ0n) is 15.0. The Hall–Kier alpha value is -2.60. The molecule has 1 aliphatic heterocycles. The van der Waals surface area contributed by atoms with Crippen molar-refractivity contribution in [2.45, 2.75) is 19.4 Å². The van der Waals surface area contributed by atoms with Crippen LogP contribution in [0, 0.1) is 11.7 Å². The average molecular weight is 391 g/mol. The van der Waals surface area contributed by atoms with Gasteiger partial charge in [-0.1, -0.05) is 23.7 Å². The molecule has 0 radical (unpaired) electrons. The number of anilines is 1. The number of amides is 2. The third-order valence-electron chi connectivity index (χ3n) is 4.69. The minimum Gasteiger partial charge on any atom is -0.497 e. The van der Waals surface area contributed by atoms with Crippen LogP contribution in [0.2, 0.25) is 5.02 Å². The number of benzene rings is 2. The molecule has 5 nitrogen and oxygen atoms in total. The van der Waals surface area contributed by atoms with Crippen molar-refractivity contribution in [2.24, 2.45) is 5.92 Å². The molecule has 3 rings (SSSR count). The van der Waals surface area contributed by atoms with Crippen molar-refractivity contribution in [1.29, 1.82) is 0 Å². The van der Waals surface area contributed by atoms with Gasteiger partial charge < -0.3 is 15.0 Å². The van der Waals surface area contributed by atoms with E-state index in [1.54, 1.807) is 7.11 Å². The molecule has 0 saturated carbocycles. The van der Waals surface area contributed by atoms with Crippen molar-refractivity contribution >= 4 is 29.1 Å². The second kappa shape index (κ2) is 7.96. The number of hydrogen-bond acceptors (Lipinski definition) is 3. The summed E-state index contributed by atoms with van der Waals surface area (Å²) in [4.78, 5) is 26.4. The predicted molar refractivity (Wildman–Crippen MR) is 101 cm³/mol. The molecule has 7 heteroatoms. The average Bonchev–Trinajstić information content (AvgIpc) is 3.06. The number of ether oxygens (including phenoxy) is 1. The summed E-state index contributed by atoms with van der Waals surface area (Å²) in [7, 11) is 1.59. The lowest BCUT2D eigenvalue weighted by molar-refractivity contribution is -0.126. The standard InChI is InChI=1S/C20H20ClFN2O3/c1-12(13-3-6-16(27-2)7-4-13)23-20(26)14-9-19(25)24(11-14)15-5-8-18(22)17(21)10-15/h3-8,10,12,14H,9,11H2,1-2H3,(H,23,26)/t12-,14-/m1/s1. The summed E-state index contributed by atoms with van der Waals surface area (Å²) in [6.07, 6.45) is 0.107. The number of nitrogens with zero attached hydrogens (tertiary/aromatic N) is 1. The maximum Gasteiger partial charge on any atom is 0.227 e. The Morgan fingerprint density at radius 1 is 1.30 bits per heavy atom. The fourth-order valence-corrected chi connectivity index (χ4v) is 3.27. The molecule has 0 unspecified atom stereocenters. The van der Waals surface area contributed by atoms with Gasteiger partial charge in [-0.2, -0.15) is 0 Å². The molecule has 1 saturated heterocycles. The van der Waals surface area contributed by atoms with Gasteiger partial charge in [-0.15, -0.1) is 0 Å². The topological polar surface area (TPSA) is 58.6 Å². The van der Waals surface area contributed by atoms with E-state index in [-0.39, 0.29) is 35.8 Å². The lowest BCUT2D eigenvalue weighted by atomic mass is 10.0. The summed E-state index contributed by atoms with van der Waals surface area (Å²) in [5.41, 5.74) is 1.43. The van der Waals surface area contributed by atoms with Crippen LogP contribution in [0.5, 0.6) is 5.75 Å². The molecule has 2 aromatic rings. The summed E-state index contributed by atoms with van der Waals surface area (Å²) >= 11 is 5.80. The van der Waals surface area contributed by atoms with Gasteiger partial charge in [-0.3, -0.25) is 9.59 Å². The zero-order valence-corrected chi connectivity index (χ0v) is 15.8. The van der Waals surface area contributed by atoms with Crippen LogP contribution in [0.3, 0.4) is 0 Å². The first-order chi connectivity index (χ1) is 12.9. The number of carbonyl (C=O) groups excluding carboxylic acids is 2. The highest BCUT2D eigenvalue weighted by molar-refractivity contribution is 6.31. The number of halogens is 2. The highest BCUT2D eigenvalue weighted by Gasteiger charge is 2.35. The monoisotopic (exact) mass is 390 g/mol. The number of methoxy groups -OCH3 is 1. The van der Waals surface area contributed by atoms with Crippen molar-refractivity contribution in [3.8, 4) is 5.75 Å². The summed E-state index contributed by atoms with van der Waals surface area (Å²) in [6.45, 7) is 2.12. The molecule has 142 valence electrons. The molecule has 0 aliphatic carbocycles. The second-order valence-corrected chi connectivity index (χ2v) is 6.91. The van der Waals surface area contributed by atoms with Crippen LogP contribution in [0.1, 0.15) is 24.9 Å². The molecular weight excluding hydrogens is 371 g/mol. The van der Waals surface area contributed by atoms with E-state index in [9.17, 15) is 14.0 Å². The van der Waals surface area contributed by atoms with E-state index in [4.69, 9.17) is 16.3 Å². The first kappa shape index (κ1) is 19.2. The van der Waals surface area contributed by atoms with E-state index in [0.717, 1.165) is 11.3 Å². The van der Waals surface area contributed by atoms with E-state index in [2.05, 4.69) is 5.32 Å². The molecular formula is C20H20ClFN2O3. The first-order valence-electron chi connectivity index (χ1n) is 8.58. The first-order valence-corrected chi connectivity index (χ1v) is 8.96. The van der Waals surface area contributed by atoms with Crippen LogP contribution < -0.4 is 15.0 Å². The molecule has 0 bridgehead atoms. The Bertz CT molecular complexity index is 857. The maximum atomic E-state index is 13.3. The predicted octanol–water partition coefficient (Wildman–Crippen LogP) is 3.72. The fraction of sp³-hybridized carbons (Fsp3) is 0.300. The van der Waals surface area contributed by atoms with Gasteiger partial charge in [0, 0.05) is 18.7 Å². The zero-order chi connectivity index (χ0) is 19.6. The van der Waals surface area contributed by atoms with E-state index in [1.165, 1.54) is 23.1 Å². The Morgan fingerprint density at radius 2 is 2.00 bits per heavy atom. The molecule has 2 atom stereocenters. The smallest absolute Gasteiger partial charge is 0.227 e. The Labute approximate surface area is 162 Å². The number of nitrogens with one attached hydrogen (secondary N) is 1. The Morgan fingerprint density at radius 3 is 2.63 bits per heavy atom. The fourth-order valence-electron chi connectivity index (χ4n) is 3.09. The third kappa shape index (κ3) is 4.22. The Kier molecular flexibility index (Phi) is 5.65. The van der Waals surface area contributed by atoms with Crippen molar-refractivity contribution < 1.29 is 18.7 Å². The van der Waals surface area contributed by atoms with Gasteiger partial charge in [0.05, 0.1) is 24.1 Å². The van der Waals surface area contributed by atoms with Gasteiger partial charge in [0.2, 0.25) is 11.8 Å². The van der Waals surface area contributed by atoms with Crippen molar-refractivity contribution in [1.82, 2.24) is 5.32 Å². The van der Waals surface area contributed by atoms with E-state index in [0.29, 0.717) is 5.69 Å². The highest BCUT2D eigenvalue weighted by atomic mass is 35.5. The van der Waals surface area contributed by atoms with Crippen molar-refractivity contribution in [3.63, 3.8) is 0 Å². The molecule has 0 spiro atoms. The number of carbonyl (C=O) groups is 2. The molecule has 1 heterocycles. The third-order valence-corrected chi connectivity index (χ3v) is 4.97. The summed E-state index contributed by atoms with van der Waals surface area (Å²) in [6, 6.07) is 11.3. The molecule has 1 fully saturated rings. The van der Waals surface area contributed by atoms with Crippen LogP contribution in [0.25, 0.3) is 0 Å². The number of rotatable bonds is 5. The molecule has 2 aromatic carbocycles. The lowest BCUT2D eigenvalue weighted by Crippen LogP contribution is -2.34. The normalized spacial score (nSPS) is 17.7. The summed E-state index contributed by atoms with van der Waals surface area (Å²) in [5.74, 6) is -0.652. The minimum absolute atomic E-state index is 0.0543. The Balaban J connectivity index is 1.65. The van der Waals surface area contributed by atoms with E-state index >= 15 is 0 Å². The molecule has 1 N–H and O–H groups in total. The summed E-state index contributed by atoms with van der Waals surface area (Å²) in [5, 5.41) is 2.89. The van der Waals surface area contributed by atoms with Gasteiger partial charge in [0.1, 0.15) is 11.6 Å². The quantitative estimate of drug-likeness (QED) is 0.846. The van der Waals surface area contributed by atoms with E-state index in [1.807, 2.05) is 31.2 Å². The lowest BCUT2D eigenvalue weighted by Gasteiger charge is -2.19.